The lowest BCUT2D eigenvalue weighted by molar-refractivity contribution is 0.568. The molecule has 39 heavy (non-hydrogen) atoms. The quantitative estimate of drug-likeness (QED) is 0.221. The number of hydrogen-bond donors (Lipinski definition) is 2. The number of anilines is 4. The van der Waals surface area contributed by atoms with Gasteiger partial charge in [-0.05, 0) is 90.4 Å². The minimum Gasteiger partial charge on any atom is -0.455 e. The van der Waals surface area contributed by atoms with E-state index in [2.05, 4.69) is 51.2 Å². The standard InChI is InChI=1S/C26H24FN11O/c27-19-6-8-20(9-7-19)30-24-31-25(33-26(32-24)37-14-2-1-3-15-37)34-28-16-22-12-13-23(39-22)18-4-10-21(11-5-18)38-17-29-35-36-38/h4-13,16-17H,1-3,14-15H2,(H2,30,31,32,33,34)/b28-16-. The summed E-state index contributed by atoms with van der Waals surface area (Å²) in [6.07, 6.45) is 6.43. The molecular weight excluding hydrogens is 501 g/mol. The van der Waals surface area contributed by atoms with E-state index in [4.69, 9.17) is 4.42 Å². The summed E-state index contributed by atoms with van der Waals surface area (Å²) in [6, 6.07) is 17.4. The highest BCUT2D eigenvalue weighted by atomic mass is 19.1. The van der Waals surface area contributed by atoms with Gasteiger partial charge in [-0.15, -0.1) is 5.10 Å². The molecule has 0 bridgehead atoms. The van der Waals surface area contributed by atoms with E-state index >= 15 is 0 Å². The maximum atomic E-state index is 13.3. The Labute approximate surface area is 222 Å². The van der Waals surface area contributed by atoms with Crippen LogP contribution in [-0.4, -0.2) is 54.5 Å². The van der Waals surface area contributed by atoms with Gasteiger partial charge in [0.1, 0.15) is 23.7 Å². The number of benzene rings is 2. The van der Waals surface area contributed by atoms with Gasteiger partial charge in [0.25, 0.3) is 0 Å². The van der Waals surface area contributed by atoms with Crippen LogP contribution >= 0.6 is 0 Å². The fraction of sp³-hybridized carbons (Fsp3) is 0.192. The molecule has 12 nitrogen and oxygen atoms in total. The van der Waals surface area contributed by atoms with Gasteiger partial charge in [-0.1, -0.05) is 0 Å². The van der Waals surface area contributed by atoms with E-state index in [1.807, 2.05) is 36.4 Å². The van der Waals surface area contributed by atoms with Gasteiger partial charge in [0.2, 0.25) is 17.8 Å². The van der Waals surface area contributed by atoms with E-state index in [1.165, 1.54) is 24.9 Å². The molecule has 6 rings (SSSR count). The predicted octanol–water partition coefficient (Wildman–Crippen LogP) is 4.43. The average Bonchev–Trinajstić information content (AvgIpc) is 3.68. The first-order valence-corrected chi connectivity index (χ1v) is 12.5. The van der Waals surface area contributed by atoms with Crippen molar-refractivity contribution >= 4 is 29.7 Å². The molecule has 3 aromatic heterocycles. The molecule has 5 aromatic rings. The van der Waals surface area contributed by atoms with Crippen molar-refractivity contribution in [3.8, 4) is 17.0 Å². The minimum absolute atomic E-state index is 0.274. The maximum Gasteiger partial charge on any atom is 0.250 e. The molecule has 1 fully saturated rings. The smallest absolute Gasteiger partial charge is 0.250 e. The van der Waals surface area contributed by atoms with Crippen LogP contribution in [0.4, 0.5) is 27.9 Å². The summed E-state index contributed by atoms with van der Waals surface area (Å²) in [7, 11) is 0. The summed E-state index contributed by atoms with van der Waals surface area (Å²) in [6.45, 7) is 1.74. The van der Waals surface area contributed by atoms with Crippen molar-refractivity contribution in [2.45, 2.75) is 19.3 Å². The SMILES string of the molecule is Fc1ccc(Nc2nc(N/N=C\c3ccc(-c4ccc(-n5cnnn5)cc4)o3)nc(N3CCCCC3)n2)cc1. The van der Waals surface area contributed by atoms with Crippen LogP contribution in [0.3, 0.4) is 0 Å². The molecule has 0 saturated carbocycles. The molecule has 196 valence electrons. The van der Waals surface area contributed by atoms with Gasteiger partial charge in [-0.3, -0.25) is 0 Å². The normalized spacial score (nSPS) is 13.6. The number of tetrazole rings is 1. The van der Waals surface area contributed by atoms with Crippen molar-refractivity contribution in [3.63, 3.8) is 0 Å². The molecule has 4 heterocycles. The lowest BCUT2D eigenvalue weighted by Crippen LogP contribution is -2.31. The zero-order chi connectivity index (χ0) is 26.4. The highest BCUT2D eigenvalue weighted by molar-refractivity contribution is 5.78. The highest BCUT2D eigenvalue weighted by Gasteiger charge is 2.16. The summed E-state index contributed by atoms with van der Waals surface area (Å²) < 4.78 is 20.8. The fourth-order valence-electron chi connectivity index (χ4n) is 4.16. The van der Waals surface area contributed by atoms with Gasteiger partial charge in [0, 0.05) is 24.3 Å². The zero-order valence-corrected chi connectivity index (χ0v) is 20.8. The Bertz CT molecular complexity index is 1540. The van der Waals surface area contributed by atoms with Crippen molar-refractivity contribution in [2.75, 3.05) is 28.7 Å². The number of nitrogens with one attached hydrogen (secondary N) is 2. The molecule has 0 aliphatic carbocycles. The fourth-order valence-corrected chi connectivity index (χ4v) is 4.16. The van der Waals surface area contributed by atoms with E-state index in [9.17, 15) is 4.39 Å². The summed E-state index contributed by atoms with van der Waals surface area (Å²) in [5, 5.41) is 18.6. The number of rotatable bonds is 8. The topological polar surface area (TPSA) is 135 Å². The molecule has 1 aliphatic heterocycles. The summed E-state index contributed by atoms with van der Waals surface area (Å²) in [4.78, 5) is 15.7. The molecule has 0 amide bonds. The minimum atomic E-state index is -0.315. The van der Waals surface area contributed by atoms with Gasteiger partial charge in [-0.2, -0.15) is 20.1 Å². The third-order valence-electron chi connectivity index (χ3n) is 6.11. The van der Waals surface area contributed by atoms with Crippen molar-refractivity contribution in [1.29, 1.82) is 0 Å². The Morgan fingerprint density at radius 1 is 0.872 bits per heavy atom. The monoisotopic (exact) mass is 525 g/mol. The van der Waals surface area contributed by atoms with Crippen LogP contribution in [0.15, 0.2) is 76.5 Å². The highest BCUT2D eigenvalue weighted by Crippen LogP contribution is 2.24. The van der Waals surface area contributed by atoms with Crippen molar-refractivity contribution in [1.82, 2.24) is 35.2 Å². The molecule has 0 spiro atoms. The molecule has 0 radical (unpaired) electrons. The molecule has 1 saturated heterocycles. The summed E-state index contributed by atoms with van der Waals surface area (Å²) in [5.41, 5.74) is 5.29. The van der Waals surface area contributed by atoms with Gasteiger partial charge < -0.3 is 14.6 Å². The number of aromatic nitrogens is 7. The Morgan fingerprint density at radius 3 is 2.44 bits per heavy atom. The van der Waals surface area contributed by atoms with Crippen LogP contribution in [0.5, 0.6) is 0 Å². The number of piperidine rings is 1. The van der Waals surface area contributed by atoms with E-state index in [1.54, 1.807) is 23.0 Å². The van der Waals surface area contributed by atoms with E-state index in [0.717, 1.165) is 37.2 Å². The molecule has 13 heteroatoms. The van der Waals surface area contributed by atoms with Gasteiger partial charge >= 0.3 is 0 Å². The first-order valence-electron chi connectivity index (χ1n) is 12.5. The number of halogens is 1. The molecule has 1 aliphatic rings. The number of nitrogens with zero attached hydrogens (tertiary/aromatic N) is 9. The lowest BCUT2D eigenvalue weighted by atomic mass is 10.1. The summed E-state index contributed by atoms with van der Waals surface area (Å²) in [5.74, 6) is 2.09. The molecule has 2 aromatic carbocycles. The van der Waals surface area contributed by atoms with Crippen LogP contribution in [0, 0.1) is 5.82 Å². The van der Waals surface area contributed by atoms with Crippen molar-refractivity contribution in [3.05, 3.63) is 78.6 Å². The second-order valence-corrected chi connectivity index (χ2v) is 8.84. The Hall–Kier alpha value is -5.20. The first-order chi connectivity index (χ1) is 19.2. The number of hydrazone groups is 1. The average molecular weight is 526 g/mol. The van der Waals surface area contributed by atoms with Crippen LogP contribution in [-0.2, 0) is 0 Å². The molecular formula is C26H24FN11O. The third kappa shape index (κ3) is 5.87. The van der Waals surface area contributed by atoms with Crippen LogP contribution in [0.2, 0.25) is 0 Å². The largest absolute Gasteiger partial charge is 0.455 e. The Morgan fingerprint density at radius 2 is 1.67 bits per heavy atom. The van der Waals surface area contributed by atoms with Crippen LogP contribution < -0.4 is 15.6 Å². The number of furan rings is 1. The predicted molar refractivity (Wildman–Crippen MR) is 144 cm³/mol. The van der Waals surface area contributed by atoms with Crippen LogP contribution in [0.25, 0.3) is 17.0 Å². The van der Waals surface area contributed by atoms with Crippen molar-refractivity contribution in [2.24, 2.45) is 5.10 Å². The second kappa shape index (κ2) is 11.0. The zero-order valence-electron chi connectivity index (χ0n) is 20.8. The molecule has 2 N–H and O–H groups in total. The van der Waals surface area contributed by atoms with E-state index in [0.29, 0.717) is 29.1 Å². The van der Waals surface area contributed by atoms with Crippen molar-refractivity contribution < 1.29 is 8.81 Å². The second-order valence-electron chi connectivity index (χ2n) is 8.84. The Balaban J connectivity index is 1.17. The van der Waals surface area contributed by atoms with E-state index < -0.39 is 0 Å². The van der Waals surface area contributed by atoms with Gasteiger partial charge in [0.15, 0.2) is 0 Å². The number of hydrogen-bond acceptors (Lipinski definition) is 11. The molecule has 0 unspecified atom stereocenters. The van der Waals surface area contributed by atoms with E-state index in [-0.39, 0.29) is 11.8 Å². The summed E-state index contributed by atoms with van der Waals surface area (Å²) >= 11 is 0. The first kappa shape index (κ1) is 24.2. The van der Waals surface area contributed by atoms with Crippen LogP contribution in [0.1, 0.15) is 25.0 Å². The Kier molecular flexibility index (Phi) is 6.84. The third-order valence-corrected chi connectivity index (χ3v) is 6.11. The van der Waals surface area contributed by atoms with Gasteiger partial charge in [0.05, 0.1) is 11.9 Å². The molecule has 0 atom stereocenters. The lowest BCUT2D eigenvalue weighted by Gasteiger charge is -2.26. The van der Waals surface area contributed by atoms with Gasteiger partial charge in [-0.25, -0.2) is 14.5 Å². The maximum absolute atomic E-state index is 13.3.